The highest BCUT2D eigenvalue weighted by atomic mass is 16.5. The van der Waals surface area contributed by atoms with Gasteiger partial charge in [-0.05, 0) is 25.1 Å². The van der Waals surface area contributed by atoms with Gasteiger partial charge in [0.2, 0.25) is 5.91 Å². The van der Waals surface area contributed by atoms with Crippen LogP contribution in [0.3, 0.4) is 0 Å². The number of nitrogens with zero attached hydrogens (tertiary/aromatic N) is 3. The first-order chi connectivity index (χ1) is 18.0. The van der Waals surface area contributed by atoms with E-state index in [1.165, 1.54) is 0 Å². The van der Waals surface area contributed by atoms with E-state index in [-0.39, 0.29) is 11.3 Å². The molecule has 1 aromatic heterocycles. The second-order valence-electron chi connectivity index (χ2n) is 9.23. The zero-order chi connectivity index (χ0) is 25.9. The fraction of sp³-hybridized carbons (Fsp3) is 0.267. The molecular formula is C30H31N3O4. The molecule has 7 nitrogen and oxygen atoms in total. The maximum atomic E-state index is 13.3. The molecule has 1 fully saturated rings. The molecule has 7 heteroatoms. The van der Waals surface area contributed by atoms with E-state index in [0.717, 1.165) is 35.7 Å². The Morgan fingerprint density at radius 3 is 2.35 bits per heavy atom. The smallest absolute Gasteiger partial charge is 0.234 e. The average molecular weight is 498 g/mol. The molecule has 0 N–H and O–H groups in total. The number of piperazine rings is 1. The van der Waals surface area contributed by atoms with Crippen LogP contribution < -0.4 is 15.1 Å². The highest BCUT2D eigenvalue weighted by Crippen LogP contribution is 2.30. The van der Waals surface area contributed by atoms with Crippen molar-refractivity contribution in [1.29, 1.82) is 0 Å². The van der Waals surface area contributed by atoms with Crippen LogP contribution in [0.4, 0.5) is 5.69 Å². The number of benzene rings is 3. The zero-order valence-electron chi connectivity index (χ0n) is 21.4. The molecule has 1 amide bonds. The van der Waals surface area contributed by atoms with E-state index in [4.69, 9.17) is 9.15 Å². The molecule has 1 aliphatic heterocycles. The van der Waals surface area contributed by atoms with E-state index in [1.807, 2.05) is 60.7 Å². The van der Waals surface area contributed by atoms with Gasteiger partial charge in [-0.1, -0.05) is 54.6 Å². The molecular weight excluding hydrogens is 466 g/mol. The Hall–Kier alpha value is -4.10. The molecule has 190 valence electrons. The lowest BCUT2D eigenvalue weighted by atomic mass is 10.0. The Morgan fingerprint density at radius 2 is 1.65 bits per heavy atom. The summed E-state index contributed by atoms with van der Waals surface area (Å²) in [5.74, 6) is 1.35. The molecule has 0 saturated carbocycles. The molecule has 5 rings (SSSR count). The first-order valence-corrected chi connectivity index (χ1v) is 12.5. The van der Waals surface area contributed by atoms with Crippen molar-refractivity contribution < 1.29 is 13.9 Å². The van der Waals surface area contributed by atoms with Crippen molar-refractivity contribution in [2.24, 2.45) is 0 Å². The summed E-state index contributed by atoms with van der Waals surface area (Å²) in [4.78, 5) is 28.3. The summed E-state index contributed by atoms with van der Waals surface area (Å²) in [5.41, 5.74) is 3.75. The van der Waals surface area contributed by atoms with Gasteiger partial charge in [-0.15, -0.1) is 0 Å². The van der Waals surface area contributed by atoms with Crippen molar-refractivity contribution in [3.05, 3.63) is 94.1 Å². The maximum absolute atomic E-state index is 13.3. The number of ether oxygens (including phenoxy) is 1. The molecule has 2 heterocycles. The summed E-state index contributed by atoms with van der Waals surface area (Å²) >= 11 is 0. The van der Waals surface area contributed by atoms with Crippen molar-refractivity contribution in [3.8, 4) is 17.1 Å². The number of hydrazine groups is 1. The van der Waals surface area contributed by atoms with Gasteiger partial charge in [-0.3, -0.25) is 14.6 Å². The predicted molar refractivity (Wildman–Crippen MR) is 146 cm³/mol. The third-order valence-electron chi connectivity index (χ3n) is 6.97. The normalized spacial score (nSPS) is 14.1. The Balaban J connectivity index is 1.43. The van der Waals surface area contributed by atoms with Crippen LogP contribution in [0.15, 0.2) is 82.0 Å². The van der Waals surface area contributed by atoms with E-state index in [2.05, 4.69) is 16.0 Å². The summed E-state index contributed by atoms with van der Waals surface area (Å²) in [6.45, 7) is 6.57. The monoisotopic (exact) mass is 497 g/mol. The second-order valence-corrected chi connectivity index (χ2v) is 9.23. The standard InChI is InChI=1S/C30H31N3O4/c1-21-28(35)25-13-9-12-24(30(25)37-29(21)23-10-5-4-6-11-23)20-33(22(2)34)32-18-16-31(17-19-32)26-14-7-8-15-27(26)36-3/h4-15H,16-20H2,1-3H3. The number of methoxy groups -OCH3 is 1. The van der Waals surface area contributed by atoms with Gasteiger partial charge in [0, 0.05) is 49.8 Å². The number of fused-ring (bicyclic) bond motifs is 1. The summed E-state index contributed by atoms with van der Waals surface area (Å²) in [6, 6.07) is 23.2. The zero-order valence-corrected chi connectivity index (χ0v) is 21.4. The molecule has 3 aromatic carbocycles. The number of carbonyl (C=O) groups excluding carboxylic acids is 1. The van der Waals surface area contributed by atoms with Gasteiger partial charge in [-0.2, -0.15) is 0 Å². The number of para-hydroxylation sites is 3. The Labute approximate surface area is 216 Å². The van der Waals surface area contributed by atoms with E-state index >= 15 is 0 Å². The summed E-state index contributed by atoms with van der Waals surface area (Å²) < 4.78 is 11.9. The van der Waals surface area contributed by atoms with Crippen LogP contribution in [0, 0.1) is 6.92 Å². The largest absolute Gasteiger partial charge is 0.495 e. The molecule has 4 aromatic rings. The lowest BCUT2D eigenvalue weighted by Crippen LogP contribution is -2.55. The van der Waals surface area contributed by atoms with Gasteiger partial charge in [-0.25, -0.2) is 5.01 Å². The molecule has 37 heavy (non-hydrogen) atoms. The van der Waals surface area contributed by atoms with Gasteiger partial charge in [0.15, 0.2) is 5.43 Å². The minimum absolute atomic E-state index is 0.0539. The highest BCUT2D eigenvalue weighted by molar-refractivity contribution is 5.83. The summed E-state index contributed by atoms with van der Waals surface area (Å²) in [7, 11) is 1.68. The van der Waals surface area contributed by atoms with Crippen molar-refractivity contribution in [3.63, 3.8) is 0 Å². The first kappa shape index (κ1) is 24.6. The van der Waals surface area contributed by atoms with E-state index in [9.17, 15) is 9.59 Å². The number of amides is 1. The first-order valence-electron chi connectivity index (χ1n) is 12.5. The van der Waals surface area contributed by atoms with E-state index < -0.39 is 0 Å². The lowest BCUT2D eigenvalue weighted by molar-refractivity contribution is -0.148. The van der Waals surface area contributed by atoms with Crippen molar-refractivity contribution in [2.75, 3.05) is 38.2 Å². The van der Waals surface area contributed by atoms with Gasteiger partial charge < -0.3 is 14.1 Å². The Morgan fingerprint density at radius 1 is 0.946 bits per heavy atom. The van der Waals surface area contributed by atoms with Crippen LogP contribution in [0.5, 0.6) is 5.75 Å². The molecule has 1 aliphatic rings. The third-order valence-corrected chi connectivity index (χ3v) is 6.97. The Kier molecular flexibility index (Phi) is 6.97. The fourth-order valence-electron chi connectivity index (χ4n) is 5.00. The van der Waals surface area contributed by atoms with Crippen molar-refractivity contribution in [1.82, 2.24) is 10.0 Å². The molecule has 0 spiro atoms. The number of hydrogen-bond donors (Lipinski definition) is 0. The number of rotatable bonds is 6. The van der Waals surface area contributed by atoms with Gasteiger partial charge in [0.25, 0.3) is 0 Å². The number of carbonyl (C=O) groups is 1. The quantitative estimate of drug-likeness (QED) is 0.379. The molecule has 1 saturated heterocycles. The highest BCUT2D eigenvalue weighted by Gasteiger charge is 2.26. The SMILES string of the molecule is COc1ccccc1N1CCN(N(Cc2cccc3c(=O)c(C)c(-c4ccccc4)oc23)C(C)=O)CC1. The maximum Gasteiger partial charge on any atom is 0.234 e. The molecule has 0 aliphatic carbocycles. The molecule has 0 unspecified atom stereocenters. The van der Waals surface area contributed by atoms with Crippen molar-refractivity contribution >= 4 is 22.6 Å². The van der Waals surface area contributed by atoms with E-state index in [1.54, 1.807) is 32.0 Å². The van der Waals surface area contributed by atoms with Gasteiger partial charge in [0.05, 0.1) is 24.7 Å². The van der Waals surface area contributed by atoms with Crippen LogP contribution >= 0.6 is 0 Å². The van der Waals surface area contributed by atoms with Crippen LogP contribution in [-0.4, -0.2) is 49.2 Å². The average Bonchev–Trinajstić information content (AvgIpc) is 2.94. The third kappa shape index (κ3) is 4.82. The van der Waals surface area contributed by atoms with Gasteiger partial charge >= 0.3 is 0 Å². The Bertz CT molecular complexity index is 1470. The van der Waals surface area contributed by atoms with Crippen LogP contribution in [0.2, 0.25) is 0 Å². The fourth-order valence-corrected chi connectivity index (χ4v) is 5.00. The van der Waals surface area contributed by atoms with Gasteiger partial charge in [0.1, 0.15) is 17.1 Å². The number of anilines is 1. The molecule has 0 radical (unpaired) electrons. The predicted octanol–water partition coefficient (Wildman–Crippen LogP) is 4.86. The van der Waals surface area contributed by atoms with Crippen LogP contribution in [0.1, 0.15) is 18.1 Å². The minimum atomic E-state index is -0.0551. The second kappa shape index (κ2) is 10.5. The molecule has 0 bridgehead atoms. The van der Waals surface area contributed by atoms with Crippen LogP contribution in [0.25, 0.3) is 22.3 Å². The number of hydrogen-bond acceptors (Lipinski definition) is 6. The van der Waals surface area contributed by atoms with Crippen LogP contribution in [-0.2, 0) is 11.3 Å². The topological polar surface area (TPSA) is 66.2 Å². The summed E-state index contributed by atoms with van der Waals surface area (Å²) in [6.07, 6.45) is 0. The van der Waals surface area contributed by atoms with E-state index in [0.29, 0.717) is 41.9 Å². The summed E-state index contributed by atoms with van der Waals surface area (Å²) in [5, 5.41) is 4.37. The lowest BCUT2D eigenvalue weighted by Gasteiger charge is -2.41. The minimum Gasteiger partial charge on any atom is -0.495 e. The molecule has 0 atom stereocenters. The van der Waals surface area contributed by atoms with Crippen molar-refractivity contribution in [2.45, 2.75) is 20.4 Å².